The van der Waals surface area contributed by atoms with Gasteiger partial charge in [0, 0.05) is 6.61 Å². The molecule has 3 heteroatoms. The molecular formula is C9H13NO2. The highest BCUT2D eigenvalue weighted by Gasteiger charge is 2.22. The molecule has 0 aromatic rings. The van der Waals surface area contributed by atoms with Crippen LogP contribution in [0.5, 0.6) is 0 Å². The van der Waals surface area contributed by atoms with Gasteiger partial charge in [-0.25, -0.2) is 0 Å². The zero-order valence-corrected chi connectivity index (χ0v) is 7.17. The van der Waals surface area contributed by atoms with Gasteiger partial charge in [0.1, 0.15) is 0 Å². The highest BCUT2D eigenvalue weighted by atomic mass is 16.5. The molecule has 2 unspecified atom stereocenters. The smallest absolute Gasteiger partial charge is 0.295 e. The van der Waals surface area contributed by atoms with Crippen LogP contribution in [0.2, 0.25) is 0 Å². The van der Waals surface area contributed by atoms with Crippen molar-refractivity contribution in [1.29, 1.82) is 0 Å². The molecular weight excluding hydrogens is 154 g/mol. The predicted octanol–water partition coefficient (Wildman–Crippen LogP) is 0.303. The Bertz CT molecular complexity index is 201. The molecule has 1 rings (SSSR count). The summed E-state index contributed by atoms with van der Waals surface area (Å²) in [5.74, 6) is 1.65. The summed E-state index contributed by atoms with van der Waals surface area (Å²) >= 11 is 0. The molecule has 12 heavy (non-hydrogen) atoms. The Labute approximate surface area is 72.5 Å². The minimum absolute atomic E-state index is 0.0241. The van der Waals surface area contributed by atoms with Crippen molar-refractivity contribution in [3.8, 4) is 12.3 Å². The van der Waals surface area contributed by atoms with Gasteiger partial charge in [-0.1, -0.05) is 0 Å². The zero-order valence-electron chi connectivity index (χ0n) is 7.17. The summed E-state index contributed by atoms with van der Waals surface area (Å²) in [5, 5.41) is 2.67. The highest BCUT2D eigenvalue weighted by Crippen LogP contribution is 2.14. The third kappa shape index (κ3) is 2.24. The lowest BCUT2D eigenvalue weighted by atomic mass is 10.1. The fraction of sp³-hybridized carbons (Fsp3) is 0.667. The number of carbonyl (C=O) groups excluding carboxylic acids is 1. The SMILES string of the molecule is C#CC(=O)NC(C)C1CCCO1. The molecule has 1 saturated heterocycles. The first kappa shape index (κ1) is 9.08. The second kappa shape index (κ2) is 4.13. The maximum Gasteiger partial charge on any atom is 0.295 e. The fourth-order valence-corrected chi connectivity index (χ4v) is 1.34. The van der Waals surface area contributed by atoms with Gasteiger partial charge in [-0.3, -0.25) is 4.79 Å². The number of ether oxygens (including phenoxy) is 1. The van der Waals surface area contributed by atoms with Crippen molar-refractivity contribution in [2.24, 2.45) is 0 Å². The van der Waals surface area contributed by atoms with Gasteiger partial charge < -0.3 is 10.1 Å². The van der Waals surface area contributed by atoms with Gasteiger partial charge in [-0.05, 0) is 25.7 Å². The van der Waals surface area contributed by atoms with Crippen LogP contribution in [-0.4, -0.2) is 24.7 Å². The summed E-state index contributed by atoms with van der Waals surface area (Å²) < 4.78 is 5.38. The molecule has 1 amide bonds. The van der Waals surface area contributed by atoms with Crippen LogP contribution in [0.4, 0.5) is 0 Å². The van der Waals surface area contributed by atoms with Gasteiger partial charge in [0.25, 0.3) is 5.91 Å². The minimum atomic E-state index is -0.363. The Kier molecular flexibility index (Phi) is 3.12. The average Bonchev–Trinajstić information content (AvgIpc) is 2.56. The second-order valence-corrected chi connectivity index (χ2v) is 2.96. The second-order valence-electron chi connectivity index (χ2n) is 2.96. The molecule has 66 valence electrons. The molecule has 0 aliphatic carbocycles. The summed E-state index contributed by atoms with van der Waals surface area (Å²) in [5.41, 5.74) is 0. The van der Waals surface area contributed by atoms with Crippen molar-refractivity contribution < 1.29 is 9.53 Å². The highest BCUT2D eigenvalue weighted by molar-refractivity contribution is 5.93. The molecule has 0 bridgehead atoms. The fourth-order valence-electron chi connectivity index (χ4n) is 1.34. The Hall–Kier alpha value is -1.01. The van der Waals surface area contributed by atoms with Gasteiger partial charge in [-0.2, -0.15) is 0 Å². The number of carbonyl (C=O) groups is 1. The quantitative estimate of drug-likeness (QED) is 0.601. The van der Waals surface area contributed by atoms with E-state index in [-0.39, 0.29) is 18.1 Å². The summed E-state index contributed by atoms with van der Waals surface area (Å²) in [6.07, 6.45) is 7.13. The largest absolute Gasteiger partial charge is 0.376 e. The van der Waals surface area contributed by atoms with Gasteiger partial charge in [-0.15, -0.1) is 6.42 Å². The van der Waals surface area contributed by atoms with Crippen molar-refractivity contribution in [3.05, 3.63) is 0 Å². The van der Waals surface area contributed by atoms with Crippen molar-refractivity contribution in [2.75, 3.05) is 6.61 Å². The van der Waals surface area contributed by atoms with Gasteiger partial charge in [0.15, 0.2) is 0 Å². The van der Waals surface area contributed by atoms with Gasteiger partial charge in [0.2, 0.25) is 0 Å². The van der Waals surface area contributed by atoms with E-state index in [1.54, 1.807) is 0 Å². The standard InChI is InChI=1S/C9H13NO2/c1-3-9(11)10-7(2)8-5-4-6-12-8/h1,7-8H,4-6H2,2H3,(H,10,11). The Morgan fingerprint density at radius 3 is 3.08 bits per heavy atom. The van der Waals surface area contributed by atoms with Crippen LogP contribution in [0, 0.1) is 12.3 Å². The Morgan fingerprint density at radius 1 is 1.83 bits per heavy atom. The topological polar surface area (TPSA) is 38.3 Å². The third-order valence-corrected chi connectivity index (χ3v) is 2.01. The average molecular weight is 167 g/mol. The molecule has 0 radical (unpaired) electrons. The van der Waals surface area contributed by atoms with Crippen LogP contribution in [-0.2, 0) is 9.53 Å². The molecule has 1 aliphatic rings. The van der Waals surface area contributed by atoms with E-state index in [9.17, 15) is 4.79 Å². The molecule has 2 atom stereocenters. The van der Waals surface area contributed by atoms with E-state index in [1.165, 1.54) is 0 Å². The number of hydrogen-bond donors (Lipinski definition) is 1. The van der Waals surface area contributed by atoms with Crippen LogP contribution in [0.3, 0.4) is 0 Å². The van der Waals surface area contributed by atoms with Crippen molar-refractivity contribution >= 4 is 5.91 Å². The van der Waals surface area contributed by atoms with Crippen molar-refractivity contribution in [2.45, 2.75) is 31.9 Å². The van der Waals surface area contributed by atoms with Crippen LogP contribution < -0.4 is 5.32 Å². The zero-order chi connectivity index (χ0) is 8.97. The lowest BCUT2D eigenvalue weighted by molar-refractivity contribution is -0.117. The Balaban J connectivity index is 2.32. The van der Waals surface area contributed by atoms with Crippen LogP contribution >= 0.6 is 0 Å². The number of hydrogen-bond acceptors (Lipinski definition) is 2. The minimum Gasteiger partial charge on any atom is -0.376 e. The predicted molar refractivity (Wildman–Crippen MR) is 45.4 cm³/mol. The van der Waals surface area contributed by atoms with E-state index in [0.29, 0.717) is 0 Å². The summed E-state index contributed by atoms with van der Waals surface area (Å²) in [7, 11) is 0. The number of rotatable bonds is 2. The summed E-state index contributed by atoms with van der Waals surface area (Å²) in [6, 6.07) is 0.0241. The molecule has 1 N–H and O–H groups in total. The van der Waals surface area contributed by atoms with Crippen molar-refractivity contribution in [3.63, 3.8) is 0 Å². The first-order chi connectivity index (χ1) is 5.74. The normalized spacial score (nSPS) is 24.5. The maximum absolute atomic E-state index is 10.8. The first-order valence-corrected chi connectivity index (χ1v) is 4.12. The van der Waals surface area contributed by atoms with Crippen molar-refractivity contribution in [1.82, 2.24) is 5.32 Å². The first-order valence-electron chi connectivity index (χ1n) is 4.12. The number of amides is 1. The lowest BCUT2D eigenvalue weighted by Gasteiger charge is -2.18. The molecule has 1 heterocycles. The number of terminal acetylenes is 1. The molecule has 0 aromatic carbocycles. The third-order valence-electron chi connectivity index (χ3n) is 2.01. The van der Waals surface area contributed by atoms with Crippen LogP contribution in [0.25, 0.3) is 0 Å². The summed E-state index contributed by atoms with van der Waals surface area (Å²) in [4.78, 5) is 10.8. The Morgan fingerprint density at radius 2 is 2.58 bits per heavy atom. The van der Waals surface area contributed by atoms with E-state index in [0.717, 1.165) is 19.4 Å². The number of nitrogens with one attached hydrogen (secondary N) is 1. The molecule has 3 nitrogen and oxygen atoms in total. The van der Waals surface area contributed by atoms with E-state index in [2.05, 4.69) is 5.32 Å². The van der Waals surface area contributed by atoms with Crippen LogP contribution in [0.1, 0.15) is 19.8 Å². The molecule has 1 fully saturated rings. The van der Waals surface area contributed by atoms with E-state index >= 15 is 0 Å². The van der Waals surface area contributed by atoms with E-state index < -0.39 is 0 Å². The summed E-state index contributed by atoms with van der Waals surface area (Å²) in [6.45, 7) is 2.70. The van der Waals surface area contributed by atoms with E-state index in [4.69, 9.17) is 11.2 Å². The molecule has 0 saturated carbocycles. The monoisotopic (exact) mass is 167 g/mol. The van der Waals surface area contributed by atoms with Gasteiger partial charge in [0.05, 0.1) is 12.1 Å². The maximum atomic E-state index is 10.8. The molecule has 0 aromatic heterocycles. The molecule has 0 spiro atoms. The van der Waals surface area contributed by atoms with E-state index in [1.807, 2.05) is 12.8 Å². The lowest BCUT2D eigenvalue weighted by Crippen LogP contribution is -2.40. The molecule has 1 aliphatic heterocycles. The van der Waals surface area contributed by atoms with Crippen LogP contribution in [0.15, 0.2) is 0 Å². The van der Waals surface area contributed by atoms with Gasteiger partial charge >= 0.3 is 0 Å².